The monoisotopic (exact) mass is 345 g/mol. The van der Waals surface area contributed by atoms with Gasteiger partial charge in [0, 0.05) is 31.5 Å². The summed E-state index contributed by atoms with van der Waals surface area (Å²) in [6.45, 7) is 4.02. The maximum absolute atomic E-state index is 12.0. The zero-order chi connectivity index (χ0) is 17.1. The van der Waals surface area contributed by atoms with E-state index in [4.69, 9.17) is 5.14 Å². The average molecular weight is 345 g/mol. The van der Waals surface area contributed by atoms with Crippen LogP contribution in [-0.2, 0) is 19.6 Å². The van der Waals surface area contributed by atoms with Crippen LogP contribution in [0.1, 0.15) is 45.4 Å². The van der Waals surface area contributed by atoms with Gasteiger partial charge in [0.1, 0.15) is 0 Å². The van der Waals surface area contributed by atoms with Crippen molar-refractivity contribution in [2.75, 3.05) is 25.4 Å². The predicted molar refractivity (Wildman–Crippen MR) is 86.9 cm³/mol. The number of carbonyl (C=O) groups excluding carboxylic acids is 2. The van der Waals surface area contributed by atoms with E-state index in [9.17, 15) is 18.0 Å². The first kappa shape index (κ1) is 18.2. The molecule has 132 valence electrons. The first-order valence-electron chi connectivity index (χ1n) is 8.26. The third-order valence-corrected chi connectivity index (χ3v) is 5.74. The van der Waals surface area contributed by atoms with E-state index in [2.05, 4.69) is 5.32 Å². The molecule has 2 rings (SSSR count). The molecule has 0 bridgehead atoms. The highest BCUT2D eigenvalue weighted by Gasteiger charge is 2.44. The van der Waals surface area contributed by atoms with Crippen LogP contribution in [0.25, 0.3) is 0 Å². The van der Waals surface area contributed by atoms with Gasteiger partial charge in [-0.3, -0.25) is 9.59 Å². The molecule has 0 unspecified atom stereocenters. The number of sulfonamides is 1. The third-order valence-electron chi connectivity index (χ3n) is 4.89. The smallest absolute Gasteiger partial charge is 0.225 e. The largest absolute Gasteiger partial charge is 0.355 e. The van der Waals surface area contributed by atoms with Gasteiger partial charge in [-0.25, -0.2) is 13.6 Å². The van der Waals surface area contributed by atoms with Crippen LogP contribution in [-0.4, -0.2) is 50.5 Å². The van der Waals surface area contributed by atoms with Crippen molar-refractivity contribution >= 4 is 21.8 Å². The summed E-state index contributed by atoms with van der Waals surface area (Å²) >= 11 is 0. The van der Waals surface area contributed by atoms with Crippen LogP contribution in [0.3, 0.4) is 0 Å². The number of carbonyl (C=O) groups is 2. The molecule has 1 heterocycles. The Kier molecular flexibility index (Phi) is 5.67. The van der Waals surface area contributed by atoms with Crippen molar-refractivity contribution in [1.29, 1.82) is 0 Å². The summed E-state index contributed by atoms with van der Waals surface area (Å²) in [6, 6.07) is 0. The van der Waals surface area contributed by atoms with E-state index in [-0.39, 0.29) is 35.8 Å². The molecule has 2 aliphatic rings. The summed E-state index contributed by atoms with van der Waals surface area (Å²) in [5.74, 6) is 0.399. The summed E-state index contributed by atoms with van der Waals surface area (Å²) in [6.07, 6.45) is 4.19. The van der Waals surface area contributed by atoms with E-state index < -0.39 is 10.0 Å². The molecule has 0 spiro atoms. The van der Waals surface area contributed by atoms with Crippen LogP contribution < -0.4 is 10.5 Å². The molecule has 0 aromatic carbocycles. The number of nitrogens with two attached hydrogens (primary N) is 1. The van der Waals surface area contributed by atoms with Crippen LogP contribution >= 0.6 is 0 Å². The van der Waals surface area contributed by atoms with Gasteiger partial charge >= 0.3 is 0 Å². The summed E-state index contributed by atoms with van der Waals surface area (Å²) in [5, 5.41) is 7.95. The number of rotatable bonds is 7. The van der Waals surface area contributed by atoms with E-state index in [0.717, 1.165) is 25.7 Å². The van der Waals surface area contributed by atoms with Crippen molar-refractivity contribution < 1.29 is 18.0 Å². The van der Waals surface area contributed by atoms with Gasteiger partial charge in [-0.05, 0) is 38.0 Å². The Balaban J connectivity index is 1.63. The predicted octanol–water partition coefficient (Wildman–Crippen LogP) is 0.210. The second kappa shape index (κ2) is 7.17. The summed E-state index contributed by atoms with van der Waals surface area (Å²) in [7, 11) is -3.49. The molecule has 2 fully saturated rings. The molecule has 1 saturated heterocycles. The summed E-state index contributed by atoms with van der Waals surface area (Å²) in [4.78, 5) is 25.7. The zero-order valence-corrected chi connectivity index (χ0v) is 14.5. The third kappa shape index (κ3) is 5.76. The van der Waals surface area contributed by atoms with E-state index in [1.165, 1.54) is 0 Å². The van der Waals surface area contributed by atoms with Crippen LogP contribution in [0, 0.1) is 11.3 Å². The van der Waals surface area contributed by atoms with Gasteiger partial charge in [0.2, 0.25) is 21.8 Å². The minimum absolute atomic E-state index is 0.0124. The van der Waals surface area contributed by atoms with Crippen LogP contribution in [0.4, 0.5) is 0 Å². The quantitative estimate of drug-likeness (QED) is 0.687. The van der Waals surface area contributed by atoms with Crippen LogP contribution in [0.5, 0.6) is 0 Å². The van der Waals surface area contributed by atoms with Crippen molar-refractivity contribution in [3.8, 4) is 0 Å². The second-order valence-electron chi connectivity index (χ2n) is 7.07. The van der Waals surface area contributed by atoms with Gasteiger partial charge in [0.15, 0.2) is 0 Å². The Hall–Kier alpha value is -1.15. The number of amides is 2. The Morgan fingerprint density at radius 1 is 1.26 bits per heavy atom. The molecule has 3 N–H and O–H groups in total. The molecule has 1 aliphatic heterocycles. The summed E-state index contributed by atoms with van der Waals surface area (Å²) in [5.41, 5.74) is -0.139. The number of primary sulfonamides is 1. The normalized spacial score (nSPS) is 21.0. The number of likely N-dealkylation sites (tertiary alicyclic amines) is 1. The first-order chi connectivity index (χ1) is 10.7. The van der Waals surface area contributed by atoms with Crippen molar-refractivity contribution in [2.24, 2.45) is 16.5 Å². The standard InChI is InChI=1S/C15H27N3O4S/c1-15(6-7-15)14(20)17-11-12-4-8-18(9-5-12)13(19)3-2-10-23(16,21)22/h12H,2-11H2,1H3,(H,17,20)(H2,16,21,22). The molecule has 23 heavy (non-hydrogen) atoms. The van der Waals surface area contributed by atoms with E-state index >= 15 is 0 Å². The Morgan fingerprint density at radius 3 is 2.39 bits per heavy atom. The van der Waals surface area contributed by atoms with Gasteiger partial charge in [-0.1, -0.05) is 6.92 Å². The molecule has 7 nitrogen and oxygen atoms in total. The molecule has 8 heteroatoms. The molecular formula is C15H27N3O4S. The number of nitrogens with zero attached hydrogens (tertiary/aromatic N) is 1. The van der Waals surface area contributed by atoms with Crippen LogP contribution in [0.15, 0.2) is 0 Å². The van der Waals surface area contributed by atoms with Crippen molar-refractivity contribution in [1.82, 2.24) is 10.2 Å². The van der Waals surface area contributed by atoms with Gasteiger partial charge in [-0.2, -0.15) is 0 Å². The first-order valence-corrected chi connectivity index (χ1v) is 9.98. The maximum atomic E-state index is 12.0. The highest BCUT2D eigenvalue weighted by atomic mass is 32.2. The molecule has 0 atom stereocenters. The lowest BCUT2D eigenvalue weighted by molar-refractivity contribution is -0.133. The Bertz CT molecular complexity index is 549. The minimum atomic E-state index is -3.49. The SMILES string of the molecule is CC1(C(=O)NCC2CCN(C(=O)CCCS(N)(=O)=O)CC2)CC1. The highest BCUT2D eigenvalue weighted by Crippen LogP contribution is 2.45. The van der Waals surface area contributed by atoms with Gasteiger partial charge in [0.25, 0.3) is 0 Å². The van der Waals surface area contributed by atoms with E-state index in [1.54, 1.807) is 4.90 Å². The van der Waals surface area contributed by atoms with Gasteiger partial charge in [-0.15, -0.1) is 0 Å². The van der Waals surface area contributed by atoms with Gasteiger partial charge < -0.3 is 10.2 Å². The highest BCUT2D eigenvalue weighted by molar-refractivity contribution is 7.89. The molecule has 0 aromatic heterocycles. The second-order valence-corrected chi connectivity index (χ2v) is 8.80. The molecule has 0 aromatic rings. The lowest BCUT2D eigenvalue weighted by Gasteiger charge is -2.32. The van der Waals surface area contributed by atoms with Crippen LogP contribution in [0.2, 0.25) is 0 Å². The molecule has 0 radical (unpaired) electrons. The van der Waals surface area contributed by atoms with Crippen molar-refractivity contribution in [3.05, 3.63) is 0 Å². The summed E-state index contributed by atoms with van der Waals surface area (Å²) < 4.78 is 21.7. The fourth-order valence-corrected chi connectivity index (χ4v) is 3.38. The molecule has 1 aliphatic carbocycles. The molecular weight excluding hydrogens is 318 g/mol. The number of nitrogens with one attached hydrogen (secondary N) is 1. The molecule has 2 amide bonds. The minimum Gasteiger partial charge on any atom is -0.355 e. The maximum Gasteiger partial charge on any atom is 0.225 e. The Morgan fingerprint density at radius 2 is 1.87 bits per heavy atom. The topological polar surface area (TPSA) is 110 Å². The van der Waals surface area contributed by atoms with E-state index in [0.29, 0.717) is 25.6 Å². The molecule has 1 saturated carbocycles. The lowest BCUT2D eigenvalue weighted by Crippen LogP contribution is -2.42. The van der Waals surface area contributed by atoms with E-state index in [1.807, 2.05) is 6.92 Å². The fourth-order valence-electron chi connectivity index (χ4n) is 2.83. The Labute approximate surface area is 138 Å². The van der Waals surface area contributed by atoms with Gasteiger partial charge in [0.05, 0.1) is 5.75 Å². The lowest BCUT2D eigenvalue weighted by atomic mass is 9.96. The van der Waals surface area contributed by atoms with Crippen molar-refractivity contribution in [3.63, 3.8) is 0 Å². The van der Waals surface area contributed by atoms with Crippen molar-refractivity contribution in [2.45, 2.75) is 45.4 Å². The number of hydrogen-bond donors (Lipinski definition) is 2. The average Bonchev–Trinajstić information content (AvgIpc) is 3.23. The zero-order valence-electron chi connectivity index (χ0n) is 13.7. The fraction of sp³-hybridized carbons (Fsp3) is 0.867. The number of hydrogen-bond acceptors (Lipinski definition) is 4. The number of piperidine rings is 1.